The second-order valence-electron chi connectivity index (χ2n) is 6.44. The van der Waals surface area contributed by atoms with Gasteiger partial charge in [0, 0.05) is 24.3 Å². The van der Waals surface area contributed by atoms with E-state index in [4.69, 9.17) is 8.94 Å². The van der Waals surface area contributed by atoms with Crippen molar-refractivity contribution in [2.75, 3.05) is 6.54 Å². The molecule has 0 N–H and O–H groups in total. The van der Waals surface area contributed by atoms with Crippen LogP contribution < -0.4 is 0 Å². The first-order valence-corrected chi connectivity index (χ1v) is 8.21. The van der Waals surface area contributed by atoms with Crippen LogP contribution in [0, 0.1) is 0 Å². The van der Waals surface area contributed by atoms with Gasteiger partial charge in [-0.05, 0) is 12.1 Å². The van der Waals surface area contributed by atoms with Crippen LogP contribution in [0.3, 0.4) is 0 Å². The number of para-hydroxylation sites is 1. The summed E-state index contributed by atoms with van der Waals surface area (Å²) in [6.45, 7) is 5.25. The SMILES string of the molecule is CC(C)c1nc2c(o1)CCN(C(=O)Cc1noc3ccccc13)C2. The van der Waals surface area contributed by atoms with Crippen LogP contribution in [-0.4, -0.2) is 27.5 Å². The average Bonchev–Trinajstić information content (AvgIpc) is 3.18. The Labute approximate surface area is 139 Å². The number of carbonyl (C=O) groups excluding carboxylic acids is 1. The zero-order valence-electron chi connectivity index (χ0n) is 13.8. The molecular formula is C18H19N3O3. The maximum atomic E-state index is 12.6. The molecule has 6 nitrogen and oxygen atoms in total. The predicted octanol–water partition coefficient (Wildman–Crippen LogP) is 3.07. The Kier molecular flexibility index (Phi) is 3.59. The smallest absolute Gasteiger partial charge is 0.229 e. The molecule has 4 rings (SSSR count). The highest BCUT2D eigenvalue weighted by Gasteiger charge is 2.27. The summed E-state index contributed by atoms with van der Waals surface area (Å²) in [6.07, 6.45) is 0.946. The van der Waals surface area contributed by atoms with Gasteiger partial charge in [0.2, 0.25) is 5.91 Å². The Hall–Kier alpha value is -2.63. The van der Waals surface area contributed by atoms with Crippen molar-refractivity contribution in [2.45, 2.75) is 39.2 Å². The fourth-order valence-corrected chi connectivity index (χ4v) is 3.00. The number of carbonyl (C=O) groups is 1. The van der Waals surface area contributed by atoms with E-state index in [0.717, 1.165) is 22.7 Å². The minimum atomic E-state index is 0.0359. The van der Waals surface area contributed by atoms with Crippen LogP contribution in [0.5, 0.6) is 0 Å². The lowest BCUT2D eigenvalue weighted by Gasteiger charge is -2.25. The Morgan fingerprint density at radius 1 is 1.33 bits per heavy atom. The zero-order valence-corrected chi connectivity index (χ0v) is 13.8. The molecule has 0 saturated carbocycles. The summed E-state index contributed by atoms with van der Waals surface area (Å²) >= 11 is 0. The lowest BCUT2D eigenvalue weighted by atomic mass is 10.1. The van der Waals surface area contributed by atoms with E-state index in [2.05, 4.69) is 24.0 Å². The van der Waals surface area contributed by atoms with E-state index in [-0.39, 0.29) is 18.2 Å². The van der Waals surface area contributed by atoms with Crippen molar-refractivity contribution in [2.24, 2.45) is 0 Å². The molecule has 0 saturated heterocycles. The van der Waals surface area contributed by atoms with Crippen molar-refractivity contribution in [1.82, 2.24) is 15.0 Å². The van der Waals surface area contributed by atoms with Crippen molar-refractivity contribution in [3.05, 3.63) is 47.3 Å². The average molecular weight is 325 g/mol. The molecule has 6 heteroatoms. The van der Waals surface area contributed by atoms with Crippen molar-refractivity contribution < 1.29 is 13.7 Å². The molecule has 124 valence electrons. The Bertz CT molecular complexity index is 894. The number of hydrogen-bond acceptors (Lipinski definition) is 5. The van der Waals surface area contributed by atoms with Gasteiger partial charge in [0.15, 0.2) is 11.5 Å². The van der Waals surface area contributed by atoms with Gasteiger partial charge in [-0.1, -0.05) is 31.1 Å². The van der Waals surface area contributed by atoms with Gasteiger partial charge in [-0.2, -0.15) is 0 Å². The van der Waals surface area contributed by atoms with Gasteiger partial charge in [0.05, 0.1) is 13.0 Å². The molecule has 0 atom stereocenters. The van der Waals surface area contributed by atoms with Crippen molar-refractivity contribution >= 4 is 16.9 Å². The van der Waals surface area contributed by atoms with Crippen LogP contribution >= 0.6 is 0 Å². The predicted molar refractivity (Wildman–Crippen MR) is 87.4 cm³/mol. The van der Waals surface area contributed by atoms with E-state index < -0.39 is 0 Å². The third-order valence-corrected chi connectivity index (χ3v) is 4.36. The molecule has 1 aliphatic rings. The minimum Gasteiger partial charge on any atom is -0.445 e. The first-order valence-electron chi connectivity index (χ1n) is 8.21. The first kappa shape index (κ1) is 14.9. The van der Waals surface area contributed by atoms with Crippen LogP contribution in [0.25, 0.3) is 11.0 Å². The number of amides is 1. The number of aromatic nitrogens is 2. The van der Waals surface area contributed by atoms with E-state index in [9.17, 15) is 4.79 Å². The summed E-state index contributed by atoms with van der Waals surface area (Å²) in [5, 5.41) is 4.94. The molecule has 1 aromatic carbocycles. The fourth-order valence-electron chi connectivity index (χ4n) is 3.00. The van der Waals surface area contributed by atoms with E-state index in [1.54, 1.807) is 0 Å². The molecule has 3 aromatic rings. The molecule has 2 aromatic heterocycles. The highest BCUT2D eigenvalue weighted by Crippen LogP contribution is 2.25. The Morgan fingerprint density at radius 2 is 2.17 bits per heavy atom. The minimum absolute atomic E-state index is 0.0359. The lowest BCUT2D eigenvalue weighted by Crippen LogP contribution is -2.36. The van der Waals surface area contributed by atoms with Crippen molar-refractivity contribution in [3.63, 3.8) is 0 Å². The topological polar surface area (TPSA) is 72.4 Å². The molecule has 0 spiro atoms. The lowest BCUT2D eigenvalue weighted by molar-refractivity contribution is -0.131. The highest BCUT2D eigenvalue weighted by atomic mass is 16.5. The van der Waals surface area contributed by atoms with Crippen molar-refractivity contribution in [3.8, 4) is 0 Å². The van der Waals surface area contributed by atoms with Gasteiger partial charge in [-0.3, -0.25) is 4.79 Å². The summed E-state index contributed by atoms with van der Waals surface area (Å²) in [5.74, 6) is 1.95. The zero-order chi connectivity index (χ0) is 16.7. The molecule has 0 bridgehead atoms. The van der Waals surface area contributed by atoms with Gasteiger partial charge in [-0.15, -0.1) is 0 Å². The van der Waals surface area contributed by atoms with Crippen LogP contribution in [0.15, 0.2) is 33.2 Å². The van der Waals surface area contributed by atoms with Gasteiger partial charge in [0.1, 0.15) is 17.1 Å². The van der Waals surface area contributed by atoms with E-state index in [0.29, 0.717) is 30.8 Å². The molecule has 0 unspecified atom stereocenters. The number of nitrogens with zero attached hydrogens (tertiary/aromatic N) is 3. The summed E-state index contributed by atoms with van der Waals surface area (Å²) in [4.78, 5) is 19.0. The van der Waals surface area contributed by atoms with E-state index >= 15 is 0 Å². The standard InChI is InChI=1S/C18H19N3O3/c1-11(2)18-19-14-10-21(8-7-16(14)23-18)17(22)9-13-12-5-3-4-6-15(12)24-20-13/h3-6,11H,7-10H2,1-2H3. The molecule has 1 aliphatic heterocycles. The number of rotatable bonds is 3. The summed E-state index contributed by atoms with van der Waals surface area (Å²) in [7, 11) is 0. The van der Waals surface area contributed by atoms with Gasteiger partial charge in [0.25, 0.3) is 0 Å². The normalized spacial score (nSPS) is 14.4. The maximum Gasteiger partial charge on any atom is 0.229 e. The van der Waals surface area contributed by atoms with E-state index in [1.807, 2.05) is 29.2 Å². The first-order chi connectivity index (χ1) is 11.6. The number of hydrogen-bond donors (Lipinski definition) is 0. The number of oxazole rings is 1. The molecule has 1 amide bonds. The molecule has 0 radical (unpaired) electrons. The van der Waals surface area contributed by atoms with Gasteiger partial charge in [-0.25, -0.2) is 4.98 Å². The molecular weight excluding hydrogens is 306 g/mol. The van der Waals surface area contributed by atoms with Gasteiger partial charge >= 0.3 is 0 Å². The Balaban J connectivity index is 1.51. The molecule has 0 aliphatic carbocycles. The third kappa shape index (κ3) is 2.58. The highest BCUT2D eigenvalue weighted by molar-refractivity contribution is 5.86. The molecule has 0 fully saturated rings. The summed E-state index contributed by atoms with van der Waals surface area (Å²) in [6, 6.07) is 7.59. The third-order valence-electron chi connectivity index (χ3n) is 4.36. The van der Waals surface area contributed by atoms with Crippen molar-refractivity contribution in [1.29, 1.82) is 0 Å². The monoisotopic (exact) mass is 325 g/mol. The number of benzene rings is 1. The van der Waals surface area contributed by atoms with Crippen LogP contribution in [0.2, 0.25) is 0 Å². The summed E-state index contributed by atoms with van der Waals surface area (Å²) < 4.78 is 11.1. The second kappa shape index (κ2) is 5.78. The summed E-state index contributed by atoms with van der Waals surface area (Å²) in [5.41, 5.74) is 2.27. The molecule has 24 heavy (non-hydrogen) atoms. The van der Waals surface area contributed by atoms with Crippen LogP contribution in [0.1, 0.15) is 42.8 Å². The second-order valence-corrected chi connectivity index (χ2v) is 6.44. The molecule has 3 heterocycles. The number of fused-ring (bicyclic) bond motifs is 2. The Morgan fingerprint density at radius 3 is 3.00 bits per heavy atom. The largest absolute Gasteiger partial charge is 0.445 e. The maximum absolute atomic E-state index is 12.6. The quantitative estimate of drug-likeness (QED) is 0.740. The fraction of sp³-hybridized carbons (Fsp3) is 0.389. The van der Waals surface area contributed by atoms with Crippen LogP contribution in [-0.2, 0) is 24.2 Å². The van der Waals surface area contributed by atoms with Gasteiger partial charge < -0.3 is 13.8 Å². The van der Waals surface area contributed by atoms with Crippen LogP contribution in [0.4, 0.5) is 0 Å². The van der Waals surface area contributed by atoms with E-state index in [1.165, 1.54) is 0 Å².